The smallest absolute Gasteiger partial charge is 0.171 e. The van der Waals surface area contributed by atoms with Gasteiger partial charge < -0.3 is 4.55 Å². The van der Waals surface area contributed by atoms with Crippen LogP contribution in [0.1, 0.15) is 5.56 Å². The van der Waals surface area contributed by atoms with Crippen LogP contribution < -0.4 is 0 Å². The summed E-state index contributed by atoms with van der Waals surface area (Å²) in [5.41, 5.74) is 0.611. The van der Waals surface area contributed by atoms with Crippen LogP contribution in [0, 0.1) is 0 Å². The Balaban J connectivity index is 3.43. The van der Waals surface area contributed by atoms with Crippen LogP contribution >= 0.6 is 0 Å². The molecular weight excluding hydrogens is 192 g/mol. The Morgan fingerprint density at radius 2 is 2.08 bits per heavy atom. The molecule has 2 nitrogen and oxygen atoms in total. The van der Waals surface area contributed by atoms with E-state index in [9.17, 15) is 4.21 Å². The molecule has 1 unspecified atom stereocenters. The lowest BCUT2D eigenvalue weighted by Crippen LogP contribution is -1.98. The summed E-state index contributed by atoms with van der Waals surface area (Å²) >= 11 is 4.44. The van der Waals surface area contributed by atoms with Gasteiger partial charge in [-0.1, -0.05) is 30.9 Å². The van der Waals surface area contributed by atoms with E-state index >= 15 is 0 Å². The number of hydrogen-bond acceptors (Lipinski definition) is 2. The van der Waals surface area contributed by atoms with Crippen LogP contribution in [0.2, 0.25) is 0 Å². The minimum Gasteiger partial charge on any atom is -0.302 e. The topological polar surface area (TPSA) is 37.3 Å². The molecule has 1 rings (SSSR count). The zero-order valence-electron chi connectivity index (χ0n) is 6.27. The average Bonchev–Trinajstić information content (AvgIpc) is 2.03. The Labute approximate surface area is 76.4 Å². The molecule has 12 heavy (non-hydrogen) atoms. The van der Waals surface area contributed by atoms with Crippen LogP contribution in [-0.2, 0) is 20.0 Å². The quantitative estimate of drug-likeness (QED) is 0.792. The van der Waals surface area contributed by atoms with Gasteiger partial charge in [-0.15, -0.1) is 0 Å². The van der Waals surface area contributed by atoms with Crippen molar-refractivity contribution in [3.63, 3.8) is 0 Å². The number of rotatable bonds is 2. The molecule has 0 spiro atoms. The lowest BCUT2D eigenvalue weighted by atomic mass is 10.2. The van der Waals surface area contributed by atoms with Gasteiger partial charge in [-0.25, -0.2) is 4.21 Å². The van der Waals surface area contributed by atoms with Crippen LogP contribution in [-0.4, -0.2) is 8.76 Å². The second-order valence-electron chi connectivity index (χ2n) is 2.22. The summed E-state index contributed by atoms with van der Waals surface area (Å²) in [4.78, 5) is 0.259. The van der Waals surface area contributed by atoms with Crippen LogP contribution in [0.3, 0.4) is 0 Å². The van der Waals surface area contributed by atoms with Gasteiger partial charge in [0.15, 0.2) is 8.77 Å². The molecule has 0 heterocycles. The van der Waals surface area contributed by atoms with Gasteiger partial charge in [-0.2, -0.15) is 0 Å². The van der Waals surface area contributed by atoms with Crippen molar-refractivity contribution in [3.8, 4) is 0 Å². The molecule has 0 saturated heterocycles. The molecule has 1 aromatic rings. The van der Waals surface area contributed by atoms with E-state index in [0.29, 0.717) is 5.56 Å². The molecule has 64 valence electrons. The van der Waals surface area contributed by atoms with E-state index < -0.39 is 8.77 Å². The first-order valence-corrected chi connectivity index (χ1v) is 5.68. The average molecular weight is 200 g/mol. The fourth-order valence-electron chi connectivity index (χ4n) is 0.884. The third kappa shape index (κ3) is 1.91. The monoisotopic (exact) mass is 200 g/mol. The van der Waals surface area contributed by atoms with Crippen molar-refractivity contribution < 1.29 is 8.76 Å². The second kappa shape index (κ2) is 3.35. The predicted octanol–water partition coefficient (Wildman–Crippen LogP) is 1.91. The van der Waals surface area contributed by atoms with Crippen molar-refractivity contribution in [2.45, 2.75) is 4.90 Å². The molecule has 4 heteroatoms. The molecule has 0 bridgehead atoms. The summed E-state index contributed by atoms with van der Waals surface area (Å²) < 4.78 is 20.2. The molecule has 1 N–H and O–H groups in total. The van der Waals surface area contributed by atoms with Crippen LogP contribution in [0.5, 0.6) is 0 Å². The number of hydrogen-bond donors (Lipinski definition) is 1. The second-order valence-corrected chi connectivity index (χ2v) is 4.96. The van der Waals surface area contributed by atoms with E-state index in [4.69, 9.17) is 4.55 Å². The molecule has 0 saturated carbocycles. The Morgan fingerprint density at radius 1 is 1.50 bits per heavy atom. The van der Waals surface area contributed by atoms with Crippen molar-refractivity contribution in [1.29, 1.82) is 0 Å². The summed E-state index contributed by atoms with van der Waals surface area (Å²) in [6.45, 7) is 3.52. The van der Waals surface area contributed by atoms with Gasteiger partial charge in [0.05, 0.1) is 4.90 Å². The van der Waals surface area contributed by atoms with Gasteiger partial charge in [0, 0.05) is 11.2 Å². The molecule has 0 aliphatic carbocycles. The van der Waals surface area contributed by atoms with Gasteiger partial charge in [0.25, 0.3) is 0 Å². The maximum absolute atomic E-state index is 11.1. The minimum absolute atomic E-state index is 0.259. The minimum atomic E-state index is -3.28. The van der Waals surface area contributed by atoms with Gasteiger partial charge in [-0.05, 0) is 11.6 Å². The van der Waals surface area contributed by atoms with Crippen molar-refractivity contribution in [2.24, 2.45) is 0 Å². The molecule has 0 aliphatic rings. The fourth-order valence-corrected chi connectivity index (χ4v) is 2.04. The summed E-state index contributed by atoms with van der Waals surface area (Å²) in [7, 11) is -3.28. The molecule has 1 aromatic carbocycles. The highest BCUT2D eigenvalue weighted by molar-refractivity contribution is 8.29. The van der Waals surface area contributed by atoms with Crippen molar-refractivity contribution >= 4 is 26.0 Å². The maximum Gasteiger partial charge on any atom is 0.171 e. The van der Waals surface area contributed by atoms with E-state index in [2.05, 4.69) is 17.8 Å². The Bertz CT molecular complexity index is 393. The largest absolute Gasteiger partial charge is 0.302 e. The molecule has 0 aromatic heterocycles. The van der Waals surface area contributed by atoms with Gasteiger partial charge in [0.1, 0.15) is 0 Å². The Hall–Kier alpha value is -0.710. The Kier molecular flexibility index (Phi) is 2.62. The Morgan fingerprint density at radius 3 is 2.50 bits per heavy atom. The van der Waals surface area contributed by atoms with Crippen LogP contribution in [0.15, 0.2) is 35.7 Å². The lowest BCUT2D eigenvalue weighted by Gasteiger charge is -2.02. The summed E-state index contributed by atoms with van der Waals surface area (Å²) in [6.07, 6.45) is 1.51. The first kappa shape index (κ1) is 9.38. The molecular formula is C8H8O2S2. The standard InChI is InChI=1S/C8H8O2S2/c1-2-7-5-3-4-6-8(7)12(9,10)11/h2-6H,1H2,(H,9,10,11). The third-order valence-electron chi connectivity index (χ3n) is 1.42. The molecule has 0 fully saturated rings. The van der Waals surface area contributed by atoms with Gasteiger partial charge in [-0.3, -0.25) is 0 Å². The fraction of sp³-hybridized carbons (Fsp3) is 0. The van der Waals surface area contributed by atoms with E-state index in [1.165, 1.54) is 12.1 Å². The van der Waals surface area contributed by atoms with Crippen molar-refractivity contribution in [3.05, 3.63) is 36.4 Å². The highest BCUT2D eigenvalue weighted by Gasteiger charge is 2.07. The lowest BCUT2D eigenvalue weighted by molar-refractivity contribution is 0.561. The molecule has 0 amide bonds. The first-order chi connectivity index (χ1) is 5.55. The van der Waals surface area contributed by atoms with Crippen molar-refractivity contribution in [2.75, 3.05) is 0 Å². The third-order valence-corrected chi connectivity index (χ3v) is 2.88. The van der Waals surface area contributed by atoms with E-state index in [-0.39, 0.29) is 4.90 Å². The molecule has 0 aliphatic heterocycles. The van der Waals surface area contributed by atoms with Gasteiger partial charge >= 0.3 is 0 Å². The summed E-state index contributed by atoms with van der Waals surface area (Å²) in [5, 5.41) is 0. The summed E-state index contributed by atoms with van der Waals surface area (Å²) in [6, 6.07) is 6.67. The normalized spacial score (nSPS) is 15.1. The predicted molar refractivity (Wildman–Crippen MR) is 52.9 cm³/mol. The SMILES string of the molecule is C=Cc1ccccc1S(=O)(O)=S. The first-order valence-electron chi connectivity index (χ1n) is 3.24. The summed E-state index contributed by atoms with van der Waals surface area (Å²) in [5.74, 6) is 0. The highest BCUT2D eigenvalue weighted by atomic mass is 32.8. The van der Waals surface area contributed by atoms with E-state index in [0.717, 1.165) is 0 Å². The maximum atomic E-state index is 11.1. The van der Waals surface area contributed by atoms with Crippen LogP contribution in [0.4, 0.5) is 0 Å². The van der Waals surface area contributed by atoms with Gasteiger partial charge in [0.2, 0.25) is 0 Å². The highest BCUT2D eigenvalue weighted by Crippen LogP contribution is 2.15. The zero-order chi connectivity index (χ0) is 9.19. The molecule has 1 atom stereocenters. The molecule has 0 radical (unpaired) electrons. The van der Waals surface area contributed by atoms with Crippen molar-refractivity contribution in [1.82, 2.24) is 0 Å². The van der Waals surface area contributed by atoms with Crippen LogP contribution in [0.25, 0.3) is 6.08 Å². The van der Waals surface area contributed by atoms with E-state index in [1.54, 1.807) is 18.2 Å². The number of benzene rings is 1. The zero-order valence-corrected chi connectivity index (χ0v) is 7.90. The van der Waals surface area contributed by atoms with E-state index in [1.807, 2.05) is 0 Å².